The average Bonchev–Trinajstić information content (AvgIpc) is 2.39. The molecule has 4 nitrogen and oxygen atoms in total. The Kier molecular flexibility index (Phi) is 7.23. The van der Waals surface area contributed by atoms with Crippen molar-refractivity contribution in [2.75, 3.05) is 11.2 Å². The van der Waals surface area contributed by atoms with Gasteiger partial charge in [-0.2, -0.15) is 0 Å². The van der Waals surface area contributed by atoms with E-state index in [1.807, 2.05) is 0 Å². The molecule has 1 atom stereocenters. The number of halogens is 5. The highest BCUT2D eigenvalue weighted by Gasteiger charge is 2.34. The third-order valence-electron chi connectivity index (χ3n) is 2.13. The number of rotatable bonds is 4. The molecular formula is C11H10Cl4FN3OS. The van der Waals surface area contributed by atoms with Gasteiger partial charge >= 0.3 is 0 Å². The van der Waals surface area contributed by atoms with E-state index in [0.29, 0.717) is 5.69 Å². The zero-order valence-corrected chi connectivity index (χ0v) is 14.1. The van der Waals surface area contributed by atoms with Gasteiger partial charge in [0.15, 0.2) is 5.11 Å². The first-order valence-electron chi connectivity index (χ1n) is 5.47. The SMILES string of the molecule is O=C(CCl)N[C@H](NC(=S)Nc1ccc(F)cc1)C(Cl)(Cl)Cl. The summed E-state index contributed by atoms with van der Waals surface area (Å²) in [5, 5.41) is 7.83. The van der Waals surface area contributed by atoms with Gasteiger partial charge in [-0.3, -0.25) is 4.79 Å². The van der Waals surface area contributed by atoms with E-state index >= 15 is 0 Å². The first kappa shape index (κ1) is 18.5. The lowest BCUT2D eigenvalue weighted by Crippen LogP contribution is -2.56. The summed E-state index contributed by atoms with van der Waals surface area (Å²) >= 11 is 27.6. The number of carbonyl (C=O) groups excluding carboxylic acids is 1. The maximum absolute atomic E-state index is 12.8. The molecule has 0 bridgehead atoms. The Morgan fingerprint density at radius 1 is 1.24 bits per heavy atom. The van der Waals surface area contributed by atoms with E-state index in [-0.39, 0.29) is 16.8 Å². The van der Waals surface area contributed by atoms with Crippen LogP contribution in [0, 0.1) is 5.82 Å². The number of hydrogen-bond donors (Lipinski definition) is 3. The van der Waals surface area contributed by atoms with Gasteiger partial charge in [0.05, 0.1) is 0 Å². The average molecular weight is 393 g/mol. The molecule has 0 fully saturated rings. The lowest BCUT2D eigenvalue weighted by Gasteiger charge is -2.27. The molecular weight excluding hydrogens is 383 g/mol. The molecule has 1 rings (SSSR count). The van der Waals surface area contributed by atoms with Crippen LogP contribution in [0.2, 0.25) is 0 Å². The molecule has 0 unspecified atom stereocenters. The Hall–Kier alpha value is -0.530. The second kappa shape index (κ2) is 8.19. The number of thiocarbonyl (C=S) groups is 1. The molecule has 10 heteroatoms. The third-order valence-corrected chi connectivity index (χ3v) is 3.25. The Bertz CT molecular complexity index is 509. The van der Waals surface area contributed by atoms with Crippen molar-refractivity contribution >= 4 is 75.3 Å². The van der Waals surface area contributed by atoms with E-state index in [9.17, 15) is 9.18 Å². The van der Waals surface area contributed by atoms with Gasteiger partial charge in [0, 0.05) is 5.69 Å². The van der Waals surface area contributed by atoms with E-state index < -0.39 is 15.9 Å². The molecule has 1 aromatic carbocycles. The summed E-state index contributed by atoms with van der Waals surface area (Å²) in [6, 6.07) is 5.47. The fourth-order valence-corrected chi connectivity index (χ4v) is 1.87. The summed E-state index contributed by atoms with van der Waals surface area (Å²) in [5.74, 6) is -1.21. The smallest absolute Gasteiger partial charge is 0.236 e. The number of carbonyl (C=O) groups is 1. The van der Waals surface area contributed by atoms with E-state index in [4.69, 9.17) is 58.6 Å². The van der Waals surface area contributed by atoms with Gasteiger partial charge < -0.3 is 16.0 Å². The lowest BCUT2D eigenvalue weighted by atomic mass is 10.3. The quantitative estimate of drug-likeness (QED) is 0.418. The molecule has 0 saturated heterocycles. The van der Waals surface area contributed by atoms with Crippen molar-refractivity contribution in [2.45, 2.75) is 9.96 Å². The minimum atomic E-state index is -1.85. The zero-order chi connectivity index (χ0) is 16.0. The molecule has 0 aliphatic heterocycles. The van der Waals surface area contributed by atoms with Crippen LogP contribution in [-0.2, 0) is 4.79 Å². The molecule has 0 aliphatic carbocycles. The van der Waals surface area contributed by atoms with Crippen LogP contribution in [0.4, 0.5) is 10.1 Å². The van der Waals surface area contributed by atoms with E-state index in [2.05, 4.69) is 16.0 Å². The zero-order valence-electron chi connectivity index (χ0n) is 10.3. The van der Waals surface area contributed by atoms with E-state index in [0.717, 1.165) is 0 Å². The fraction of sp³-hybridized carbons (Fsp3) is 0.273. The van der Waals surface area contributed by atoms with Gasteiger partial charge in [-0.05, 0) is 36.5 Å². The summed E-state index contributed by atoms with van der Waals surface area (Å²) in [4.78, 5) is 11.3. The van der Waals surface area contributed by atoms with Crippen molar-refractivity contribution in [3.05, 3.63) is 30.1 Å². The minimum absolute atomic E-state index is 0.0767. The third kappa shape index (κ3) is 6.84. The topological polar surface area (TPSA) is 53.2 Å². The van der Waals surface area contributed by atoms with Gasteiger partial charge in [0.1, 0.15) is 17.9 Å². The predicted octanol–water partition coefficient (Wildman–Crippen LogP) is 3.16. The predicted molar refractivity (Wildman–Crippen MR) is 88.7 cm³/mol. The summed E-state index contributed by atoms with van der Waals surface area (Å²) in [6.07, 6.45) is -1.09. The second-order valence-corrected chi connectivity index (χ2v) is 6.83. The van der Waals surface area contributed by atoms with Gasteiger partial charge in [0.25, 0.3) is 0 Å². The molecule has 0 spiro atoms. The first-order chi connectivity index (χ1) is 9.72. The largest absolute Gasteiger partial charge is 0.339 e. The number of amides is 1. The number of hydrogen-bond acceptors (Lipinski definition) is 2. The molecule has 116 valence electrons. The molecule has 0 radical (unpaired) electrons. The fourth-order valence-electron chi connectivity index (χ4n) is 1.23. The van der Waals surface area contributed by atoms with Gasteiger partial charge in [-0.15, -0.1) is 11.6 Å². The maximum Gasteiger partial charge on any atom is 0.236 e. The highest BCUT2D eigenvalue weighted by molar-refractivity contribution is 7.80. The number of anilines is 1. The molecule has 1 aromatic rings. The van der Waals surface area contributed by atoms with Crippen molar-refractivity contribution in [3.63, 3.8) is 0 Å². The lowest BCUT2D eigenvalue weighted by molar-refractivity contribution is -0.119. The molecule has 0 aromatic heterocycles. The van der Waals surface area contributed by atoms with Crippen LogP contribution in [0.1, 0.15) is 0 Å². The Balaban J connectivity index is 2.67. The van der Waals surface area contributed by atoms with Crippen LogP contribution in [0.5, 0.6) is 0 Å². The highest BCUT2D eigenvalue weighted by Crippen LogP contribution is 2.29. The van der Waals surface area contributed by atoms with Crippen molar-refractivity contribution in [3.8, 4) is 0 Å². The summed E-state index contributed by atoms with van der Waals surface area (Å²) in [6.45, 7) is 0. The Morgan fingerprint density at radius 3 is 2.29 bits per heavy atom. The molecule has 0 aliphatic rings. The molecule has 3 N–H and O–H groups in total. The monoisotopic (exact) mass is 391 g/mol. The van der Waals surface area contributed by atoms with Crippen LogP contribution in [-0.4, -0.2) is 26.9 Å². The van der Waals surface area contributed by atoms with Crippen LogP contribution >= 0.6 is 58.6 Å². The first-order valence-corrected chi connectivity index (χ1v) is 7.55. The summed E-state index contributed by atoms with van der Waals surface area (Å²) in [7, 11) is 0. The summed E-state index contributed by atoms with van der Waals surface area (Å²) < 4.78 is 10.9. The number of alkyl halides is 4. The Labute approximate surface area is 146 Å². The van der Waals surface area contributed by atoms with Crippen LogP contribution in [0.3, 0.4) is 0 Å². The van der Waals surface area contributed by atoms with Gasteiger partial charge in [0.2, 0.25) is 9.70 Å². The van der Waals surface area contributed by atoms with Crippen molar-refractivity contribution in [1.29, 1.82) is 0 Å². The van der Waals surface area contributed by atoms with E-state index in [1.165, 1.54) is 24.3 Å². The highest BCUT2D eigenvalue weighted by atomic mass is 35.6. The van der Waals surface area contributed by atoms with Crippen molar-refractivity contribution < 1.29 is 9.18 Å². The molecule has 0 saturated carbocycles. The standard InChI is InChI=1S/C11H10Cl4FN3OS/c12-5-8(20)18-9(11(13,14)15)19-10(21)17-7-3-1-6(16)2-4-7/h1-4,9H,5H2,(H,18,20)(H2,17,19,21)/t9-/m1/s1. The van der Waals surface area contributed by atoms with Crippen molar-refractivity contribution in [1.82, 2.24) is 10.6 Å². The molecule has 1 amide bonds. The van der Waals surface area contributed by atoms with Crippen LogP contribution in [0.15, 0.2) is 24.3 Å². The number of nitrogens with one attached hydrogen (secondary N) is 3. The maximum atomic E-state index is 12.8. The summed E-state index contributed by atoms with van der Waals surface area (Å²) in [5.41, 5.74) is 0.528. The Morgan fingerprint density at radius 2 is 1.81 bits per heavy atom. The van der Waals surface area contributed by atoms with Gasteiger partial charge in [-0.1, -0.05) is 34.8 Å². The molecule has 21 heavy (non-hydrogen) atoms. The normalized spacial score (nSPS) is 12.4. The van der Waals surface area contributed by atoms with Crippen LogP contribution in [0.25, 0.3) is 0 Å². The van der Waals surface area contributed by atoms with E-state index in [1.54, 1.807) is 0 Å². The van der Waals surface area contributed by atoms with Gasteiger partial charge in [-0.25, -0.2) is 4.39 Å². The number of benzene rings is 1. The second-order valence-electron chi connectivity index (χ2n) is 3.78. The minimum Gasteiger partial charge on any atom is -0.339 e. The van der Waals surface area contributed by atoms with Crippen molar-refractivity contribution in [2.24, 2.45) is 0 Å². The molecule has 0 heterocycles. The van der Waals surface area contributed by atoms with Crippen LogP contribution < -0.4 is 16.0 Å².